The third-order valence-electron chi connectivity index (χ3n) is 5.72. The van der Waals surface area contributed by atoms with Crippen molar-refractivity contribution in [3.8, 4) is 23.0 Å². The number of rotatable bonds is 14. The summed E-state index contributed by atoms with van der Waals surface area (Å²) in [5.41, 5.74) is 2.14. The van der Waals surface area contributed by atoms with Crippen molar-refractivity contribution in [2.45, 2.75) is 19.3 Å². The molecule has 0 aliphatic rings. The third kappa shape index (κ3) is 8.18. The number of aromatic nitrogens is 1. The van der Waals surface area contributed by atoms with Crippen LogP contribution in [0.1, 0.15) is 28.8 Å². The Labute approximate surface area is 254 Å². The molecule has 0 fully saturated rings. The van der Waals surface area contributed by atoms with E-state index in [1.54, 1.807) is 30.3 Å². The van der Waals surface area contributed by atoms with Crippen molar-refractivity contribution in [2.75, 3.05) is 26.4 Å². The number of aromatic carboxylic acids is 1. The van der Waals surface area contributed by atoms with E-state index in [0.717, 1.165) is 5.56 Å². The molecule has 1 aromatic heterocycles. The molecule has 0 aliphatic heterocycles. The first kappa shape index (κ1) is 30.7. The van der Waals surface area contributed by atoms with E-state index in [0.29, 0.717) is 58.5 Å². The van der Waals surface area contributed by atoms with Crippen LogP contribution >= 0.6 is 46.4 Å². The molecule has 0 spiro atoms. The zero-order valence-electron chi connectivity index (χ0n) is 21.3. The summed E-state index contributed by atoms with van der Waals surface area (Å²) in [7, 11) is 0. The monoisotopic (exact) mass is 641 g/mol. The van der Waals surface area contributed by atoms with Gasteiger partial charge in [0.1, 0.15) is 12.1 Å². The summed E-state index contributed by atoms with van der Waals surface area (Å²) in [6, 6.07) is 10.9. The number of ether oxygens (including phenoxy) is 3. The predicted molar refractivity (Wildman–Crippen MR) is 155 cm³/mol. The Morgan fingerprint density at radius 2 is 1.44 bits per heavy atom. The minimum Gasteiger partial charge on any atom is -0.490 e. The molecule has 3 aromatic carbocycles. The fraction of sp³-hybridized carbons (Fsp3) is 0.250. The van der Waals surface area contributed by atoms with Crippen molar-refractivity contribution in [3.63, 3.8) is 0 Å². The van der Waals surface area contributed by atoms with Crippen molar-refractivity contribution in [1.29, 1.82) is 0 Å². The lowest BCUT2D eigenvalue weighted by Gasteiger charge is -2.13. The molecule has 0 radical (unpaired) electrons. The quantitative estimate of drug-likeness (QED) is 0.133. The molecule has 13 heteroatoms. The highest BCUT2D eigenvalue weighted by Crippen LogP contribution is 2.38. The summed E-state index contributed by atoms with van der Waals surface area (Å²) < 4.78 is 22.7. The molecule has 4 rings (SSSR count). The highest BCUT2D eigenvalue weighted by Gasteiger charge is 2.16. The average Bonchev–Trinajstić information content (AvgIpc) is 3.35. The van der Waals surface area contributed by atoms with Crippen LogP contribution in [0.15, 0.2) is 46.9 Å². The number of nitrogens with zero attached hydrogens (tertiary/aromatic N) is 1. The normalized spacial score (nSPS) is 11.1. The molecule has 0 saturated carbocycles. The number of aliphatic carboxylic acids is 1. The number of benzene rings is 3. The van der Waals surface area contributed by atoms with Crippen LogP contribution in [0.25, 0.3) is 22.6 Å². The van der Waals surface area contributed by atoms with Gasteiger partial charge >= 0.3 is 11.9 Å². The predicted octanol–water partition coefficient (Wildman–Crippen LogP) is 7.69. The van der Waals surface area contributed by atoms with Crippen LogP contribution in [-0.2, 0) is 16.0 Å². The fourth-order valence-electron chi connectivity index (χ4n) is 3.79. The SMILES string of the molecule is O=C(O)CCc1cc(Cl)c(OCCCOCCOc2c(Cl)cc(-c3nc4ccc(C(=O)O)cc4o3)cc2Cl)c(Cl)c1. The Kier molecular flexibility index (Phi) is 10.6. The number of carboxylic acid groups (broad SMARTS) is 2. The highest BCUT2D eigenvalue weighted by atomic mass is 35.5. The van der Waals surface area contributed by atoms with Crippen LogP contribution in [-0.4, -0.2) is 53.6 Å². The van der Waals surface area contributed by atoms with Gasteiger partial charge in [-0.05, 0) is 54.4 Å². The lowest BCUT2D eigenvalue weighted by Crippen LogP contribution is -2.10. The molecule has 41 heavy (non-hydrogen) atoms. The summed E-state index contributed by atoms with van der Waals surface area (Å²) in [4.78, 5) is 26.3. The fourth-order valence-corrected chi connectivity index (χ4v) is 5.03. The van der Waals surface area contributed by atoms with Crippen molar-refractivity contribution >= 4 is 69.4 Å². The lowest BCUT2D eigenvalue weighted by molar-refractivity contribution is -0.136. The van der Waals surface area contributed by atoms with Gasteiger partial charge in [0.2, 0.25) is 5.89 Å². The van der Waals surface area contributed by atoms with E-state index in [1.165, 1.54) is 12.1 Å². The van der Waals surface area contributed by atoms with Gasteiger partial charge in [-0.2, -0.15) is 0 Å². The van der Waals surface area contributed by atoms with Crippen molar-refractivity contribution in [1.82, 2.24) is 4.98 Å². The maximum absolute atomic E-state index is 11.2. The first-order valence-corrected chi connectivity index (χ1v) is 13.8. The molecule has 9 nitrogen and oxygen atoms in total. The summed E-state index contributed by atoms with van der Waals surface area (Å²) in [5.74, 6) is -1.11. The van der Waals surface area contributed by atoms with Crippen molar-refractivity contribution in [3.05, 3.63) is 73.7 Å². The molecule has 0 amide bonds. The van der Waals surface area contributed by atoms with Gasteiger partial charge in [-0.15, -0.1) is 0 Å². The van der Waals surface area contributed by atoms with E-state index in [-0.39, 0.29) is 46.9 Å². The van der Waals surface area contributed by atoms with E-state index in [9.17, 15) is 9.59 Å². The van der Waals surface area contributed by atoms with Gasteiger partial charge in [-0.25, -0.2) is 9.78 Å². The molecule has 0 unspecified atom stereocenters. The summed E-state index contributed by atoms with van der Waals surface area (Å²) in [5, 5.41) is 19.1. The Balaban J connectivity index is 1.22. The van der Waals surface area contributed by atoms with E-state index < -0.39 is 11.9 Å². The minimum atomic E-state index is -1.07. The van der Waals surface area contributed by atoms with E-state index in [1.807, 2.05) is 0 Å². The van der Waals surface area contributed by atoms with Gasteiger partial charge in [0.25, 0.3) is 0 Å². The zero-order chi connectivity index (χ0) is 29.5. The molecule has 2 N–H and O–H groups in total. The van der Waals surface area contributed by atoms with Crippen LogP contribution in [0.3, 0.4) is 0 Å². The largest absolute Gasteiger partial charge is 0.490 e. The number of oxazole rings is 1. The summed E-state index contributed by atoms with van der Waals surface area (Å²) in [6.45, 7) is 1.15. The Hall–Kier alpha value is -3.21. The van der Waals surface area contributed by atoms with Gasteiger partial charge in [-0.1, -0.05) is 46.4 Å². The van der Waals surface area contributed by atoms with E-state index >= 15 is 0 Å². The van der Waals surface area contributed by atoms with E-state index in [4.69, 9.17) is 75.2 Å². The van der Waals surface area contributed by atoms with Gasteiger partial charge < -0.3 is 28.8 Å². The van der Waals surface area contributed by atoms with Gasteiger partial charge in [0, 0.05) is 25.0 Å². The molecular weight excluding hydrogens is 620 g/mol. The molecule has 1 heterocycles. The summed E-state index contributed by atoms with van der Waals surface area (Å²) >= 11 is 25.3. The van der Waals surface area contributed by atoms with E-state index in [2.05, 4.69) is 4.98 Å². The molecule has 0 aliphatic carbocycles. The standard InChI is InChI=1S/C28H23Cl4NO8/c29-18-10-15(2-5-24(34)35)11-19(30)25(18)39-7-1-6-38-8-9-40-26-20(31)12-17(13-21(26)32)27-33-22-4-3-16(28(36)37)14-23(22)41-27/h3-4,10-14H,1-2,5-9H2,(H,34,35)(H,36,37). The average molecular weight is 643 g/mol. The molecule has 216 valence electrons. The number of hydrogen-bond acceptors (Lipinski definition) is 7. The summed E-state index contributed by atoms with van der Waals surface area (Å²) in [6.07, 6.45) is 0.860. The smallest absolute Gasteiger partial charge is 0.335 e. The Morgan fingerprint density at radius 3 is 2.07 bits per heavy atom. The second kappa shape index (κ2) is 14.1. The number of aryl methyl sites for hydroxylation is 1. The van der Waals surface area contributed by atoms with Crippen molar-refractivity contribution in [2.24, 2.45) is 0 Å². The number of carbonyl (C=O) groups is 2. The number of hydrogen-bond donors (Lipinski definition) is 2. The number of fused-ring (bicyclic) bond motifs is 1. The first-order valence-electron chi connectivity index (χ1n) is 12.3. The Morgan fingerprint density at radius 1 is 0.805 bits per heavy atom. The molecule has 4 aromatic rings. The minimum absolute atomic E-state index is 0.0180. The number of halogens is 4. The third-order valence-corrected chi connectivity index (χ3v) is 6.84. The zero-order valence-corrected chi connectivity index (χ0v) is 24.3. The van der Waals surface area contributed by atoms with Crippen LogP contribution < -0.4 is 9.47 Å². The lowest BCUT2D eigenvalue weighted by atomic mass is 10.1. The van der Waals surface area contributed by atoms with Gasteiger partial charge in [0.05, 0.1) is 38.9 Å². The molecular formula is C28H23Cl4NO8. The molecule has 0 bridgehead atoms. The van der Waals surface area contributed by atoms with Crippen LogP contribution in [0.4, 0.5) is 0 Å². The maximum atomic E-state index is 11.2. The Bertz CT molecular complexity index is 1530. The second-order valence-electron chi connectivity index (χ2n) is 8.72. The first-order chi connectivity index (χ1) is 19.6. The van der Waals surface area contributed by atoms with Gasteiger partial charge in [0.15, 0.2) is 17.1 Å². The topological polar surface area (TPSA) is 128 Å². The highest BCUT2D eigenvalue weighted by molar-refractivity contribution is 6.38. The van der Waals surface area contributed by atoms with Crippen molar-refractivity contribution < 1.29 is 38.4 Å². The van der Waals surface area contributed by atoms with Gasteiger partial charge in [-0.3, -0.25) is 4.79 Å². The van der Waals surface area contributed by atoms with Crippen LogP contribution in [0.2, 0.25) is 20.1 Å². The molecule has 0 atom stereocenters. The maximum Gasteiger partial charge on any atom is 0.335 e. The molecule has 0 saturated heterocycles. The number of carboxylic acids is 2. The van der Waals surface area contributed by atoms with Crippen LogP contribution in [0, 0.1) is 0 Å². The second-order valence-corrected chi connectivity index (χ2v) is 10.3. The van der Waals surface area contributed by atoms with Crippen LogP contribution in [0.5, 0.6) is 11.5 Å².